The fourth-order valence-corrected chi connectivity index (χ4v) is 11.6. The highest BCUT2D eigenvalue weighted by atomic mass is 16.7. The molecule has 0 spiro atoms. The van der Waals surface area contributed by atoms with Crippen LogP contribution in [0.1, 0.15) is 150 Å². The number of nitrogens with one attached hydrogen (secondary N) is 1. The minimum absolute atomic E-state index is 0.000999. The zero-order chi connectivity index (χ0) is 70.0. The molecule has 0 aliphatic carbocycles. The first-order chi connectivity index (χ1) is 43.7. The van der Waals surface area contributed by atoms with E-state index in [1.54, 1.807) is 52.8 Å². The molecule has 2 aliphatic heterocycles. The molecule has 20 N–H and O–H groups in total. The van der Waals surface area contributed by atoms with Gasteiger partial charge >= 0.3 is 5.97 Å². The van der Waals surface area contributed by atoms with E-state index in [1.807, 2.05) is 37.3 Å². The molecule has 534 valence electrons. The van der Waals surface area contributed by atoms with Gasteiger partial charge in [0.05, 0.1) is 86.0 Å². The molecule has 22 unspecified atom stereocenters. The summed E-state index contributed by atoms with van der Waals surface area (Å²) in [6.07, 6.45) is -15.4. The largest absolute Gasteiger partial charge is 0.458 e. The molecule has 3 rings (SSSR count). The number of rotatable bonds is 11. The number of carbonyl (C=O) groups is 2. The van der Waals surface area contributed by atoms with Crippen molar-refractivity contribution in [2.24, 2.45) is 47.2 Å². The Morgan fingerprint density at radius 2 is 1.24 bits per heavy atom. The van der Waals surface area contributed by atoms with Crippen molar-refractivity contribution in [1.29, 1.82) is 0 Å². The number of aliphatic hydroxyl groups is 17. The summed E-state index contributed by atoms with van der Waals surface area (Å²) in [4.78, 5) is 26.6. The minimum Gasteiger partial charge on any atom is -0.458 e. The Kier molecular flexibility index (Phi) is 37.6. The monoisotopic (exact) mass is 1320 g/mol. The number of hydrogen-bond donors (Lipinski definition) is 19. The number of allylic oxidation sites excluding steroid dienone is 2. The van der Waals surface area contributed by atoms with Gasteiger partial charge in [0.2, 0.25) is 5.91 Å². The SMILES string of the molecule is CC1=CCCC(C)C(O)C(C)C(O)CCC=CC(C)C(O)C=CC(C)C(O)C(C)=CC(O[C@H]2O[C@H](CO)[C@@H](O)[C@H](O)[C@@H]2O)C(O)CC(O)CC(O)CC(O)C(C)C(O)C(C)C(O)CC(O)CC(O)C=CCC(C(C)C(O)CCC(=O)NCc2ccc(CN)cc2)OC1=O. The number of esters is 1. The fourth-order valence-electron chi connectivity index (χ4n) is 11.6. The highest BCUT2D eigenvalue weighted by molar-refractivity contribution is 5.87. The third-order valence-corrected chi connectivity index (χ3v) is 18.7. The Bertz CT molecular complexity index is 2450. The quantitative estimate of drug-likeness (QED) is 0.110. The van der Waals surface area contributed by atoms with E-state index in [0.29, 0.717) is 32.2 Å². The van der Waals surface area contributed by atoms with E-state index < -0.39 is 183 Å². The first-order valence-electron chi connectivity index (χ1n) is 33.1. The lowest BCUT2D eigenvalue weighted by Crippen LogP contribution is -2.60. The van der Waals surface area contributed by atoms with Crippen LogP contribution in [0.2, 0.25) is 0 Å². The topological polar surface area (TPSA) is 444 Å². The normalized spacial score (nSPS) is 38.4. The summed E-state index contributed by atoms with van der Waals surface area (Å²) in [5, 5.41) is 190. The highest BCUT2D eigenvalue weighted by Crippen LogP contribution is 2.30. The maximum Gasteiger partial charge on any atom is 0.333 e. The van der Waals surface area contributed by atoms with Crippen molar-refractivity contribution >= 4 is 11.9 Å². The van der Waals surface area contributed by atoms with Crippen molar-refractivity contribution in [3.05, 3.63) is 95.1 Å². The van der Waals surface area contributed by atoms with Crippen LogP contribution in [0.4, 0.5) is 0 Å². The van der Waals surface area contributed by atoms with E-state index in [1.165, 1.54) is 45.1 Å². The molecule has 1 aromatic carbocycles. The van der Waals surface area contributed by atoms with Crippen molar-refractivity contribution in [3.8, 4) is 0 Å². The molecule has 2 heterocycles. The number of aliphatic hydroxyl groups excluding tert-OH is 17. The van der Waals surface area contributed by atoms with E-state index in [0.717, 1.165) is 11.1 Å². The fraction of sp³-hybridized carbons (Fsp3) is 0.739. The second-order valence-corrected chi connectivity index (χ2v) is 26.6. The molecule has 0 saturated carbocycles. The van der Waals surface area contributed by atoms with Gasteiger partial charge in [-0.25, -0.2) is 4.79 Å². The summed E-state index contributed by atoms with van der Waals surface area (Å²) in [7, 11) is 0. The summed E-state index contributed by atoms with van der Waals surface area (Å²) in [6, 6.07) is 7.46. The molecule has 0 radical (unpaired) electrons. The number of nitrogens with two attached hydrogens (primary N) is 1. The molecule has 1 saturated heterocycles. The van der Waals surface area contributed by atoms with Crippen LogP contribution in [-0.4, -0.2) is 228 Å². The number of hydrogen-bond acceptors (Lipinski definition) is 23. The van der Waals surface area contributed by atoms with Crippen LogP contribution in [0.25, 0.3) is 0 Å². The van der Waals surface area contributed by atoms with Crippen LogP contribution < -0.4 is 11.1 Å². The molecular weight excluding hydrogens is 1210 g/mol. The van der Waals surface area contributed by atoms with Crippen LogP contribution in [0.3, 0.4) is 0 Å². The summed E-state index contributed by atoms with van der Waals surface area (Å²) in [6.45, 7) is 14.6. The molecule has 2 aliphatic rings. The number of ether oxygens (including phenoxy) is 3. The smallest absolute Gasteiger partial charge is 0.333 e. The van der Waals surface area contributed by atoms with Gasteiger partial charge in [-0.1, -0.05) is 121 Å². The molecular formula is C69H116N2O22. The van der Waals surface area contributed by atoms with Gasteiger partial charge in [-0.3, -0.25) is 4.79 Å². The van der Waals surface area contributed by atoms with Crippen LogP contribution in [0.5, 0.6) is 0 Å². The van der Waals surface area contributed by atoms with Crippen molar-refractivity contribution in [1.82, 2.24) is 5.32 Å². The Hall–Kier alpha value is -3.94. The van der Waals surface area contributed by atoms with E-state index in [9.17, 15) is 96.4 Å². The van der Waals surface area contributed by atoms with Gasteiger partial charge in [0.25, 0.3) is 0 Å². The van der Waals surface area contributed by atoms with E-state index >= 15 is 0 Å². The van der Waals surface area contributed by atoms with Gasteiger partial charge in [0.15, 0.2) is 6.29 Å². The Morgan fingerprint density at radius 3 is 1.84 bits per heavy atom. The van der Waals surface area contributed by atoms with Gasteiger partial charge in [-0.15, -0.1) is 0 Å². The average Bonchev–Trinajstić information content (AvgIpc) is 0.843. The van der Waals surface area contributed by atoms with Crippen LogP contribution in [0.15, 0.2) is 84.0 Å². The molecule has 24 heteroatoms. The minimum atomic E-state index is -1.89. The first kappa shape index (κ1) is 83.3. The van der Waals surface area contributed by atoms with Crippen LogP contribution in [-0.2, 0) is 36.9 Å². The van der Waals surface area contributed by atoms with Crippen LogP contribution >= 0.6 is 0 Å². The molecule has 0 bridgehead atoms. The van der Waals surface area contributed by atoms with Crippen molar-refractivity contribution < 1.29 is 111 Å². The summed E-state index contributed by atoms with van der Waals surface area (Å²) in [5.41, 5.74) is 7.98. The van der Waals surface area contributed by atoms with E-state index in [2.05, 4.69) is 5.32 Å². The first-order valence-corrected chi connectivity index (χ1v) is 33.1. The maximum absolute atomic E-state index is 13.7. The predicted molar refractivity (Wildman–Crippen MR) is 347 cm³/mol. The third-order valence-electron chi connectivity index (χ3n) is 18.7. The number of benzene rings is 1. The van der Waals surface area contributed by atoms with Gasteiger partial charge < -0.3 is 112 Å². The highest BCUT2D eigenvalue weighted by Gasteiger charge is 2.46. The summed E-state index contributed by atoms with van der Waals surface area (Å²) >= 11 is 0. The lowest BCUT2D eigenvalue weighted by atomic mass is 9.82. The molecule has 24 nitrogen and oxygen atoms in total. The Labute approximate surface area is 549 Å². The zero-order valence-corrected chi connectivity index (χ0v) is 55.8. The lowest BCUT2D eigenvalue weighted by molar-refractivity contribution is -0.313. The van der Waals surface area contributed by atoms with Crippen molar-refractivity contribution in [2.45, 2.75) is 275 Å². The Balaban J connectivity index is 1.88. The number of amides is 1. The maximum atomic E-state index is 13.7. The second kappa shape index (κ2) is 42.0. The zero-order valence-electron chi connectivity index (χ0n) is 55.8. The van der Waals surface area contributed by atoms with E-state index in [-0.39, 0.29) is 68.0 Å². The predicted octanol–water partition coefficient (Wildman–Crippen LogP) is 1.26. The molecule has 0 aromatic heterocycles. The number of carbonyl (C=O) groups excluding carboxylic acids is 2. The third kappa shape index (κ3) is 28.2. The summed E-state index contributed by atoms with van der Waals surface area (Å²) in [5.74, 6) is -5.55. The number of cyclic esters (lactones) is 1. The standard InChI is InChI=1S/C69H116N2O22/c1-37-14-10-11-18-53(78)43(7)63(85)38(2)15-12-16-40(4)68(90)91-58(42(6)54(79)26-27-61(83)71-35-47-23-21-46(34-70)22-24-47)19-13-17-48(73)29-49(74)31-55(80)44(8)64(86)45(9)56(81)32-50(75)30-51(76)33-57(82)59(28-41(5)62(84)39(3)20-25-52(37)77)92-69-67(89)66(88)65(87)60(36-72)93-69/h10,13-14,16-17,20-25,28,37-39,42-45,48-60,62-67,69,72-82,84-89H,11-12,15,18-19,26-27,29-36,70H2,1-9H3,(H,71,83)/t37?,38?,39?,42?,43?,44?,45?,48?,49?,50?,51?,52?,53?,54?,55?,56?,57?,58?,59?,60-,62?,63?,64?,65-,66+,67+,69+/m1/s1. The lowest BCUT2D eigenvalue weighted by Gasteiger charge is -2.41. The van der Waals surface area contributed by atoms with Gasteiger partial charge in [0, 0.05) is 79.9 Å². The molecule has 27 atom stereocenters. The van der Waals surface area contributed by atoms with E-state index in [4.69, 9.17) is 19.9 Å². The van der Waals surface area contributed by atoms with Gasteiger partial charge in [-0.05, 0) is 87.8 Å². The molecule has 1 amide bonds. The van der Waals surface area contributed by atoms with Crippen LogP contribution in [0, 0.1) is 41.4 Å². The molecule has 1 fully saturated rings. The van der Waals surface area contributed by atoms with Gasteiger partial charge in [0.1, 0.15) is 36.6 Å². The Morgan fingerprint density at radius 1 is 0.656 bits per heavy atom. The summed E-state index contributed by atoms with van der Waals surface area (Å²) < 4.78 is 17.5. The average molecular weight is 1330 g/mol. The molecule has 1 aromatic rings. The van der Waals surface area contributed by atoms with Gasteiger partial charge in [-0.2, -0.15) is 0 Å². The second-order valence-electron chi connectivity index (χ2n) is 26.6. The van der Waals surface area contributed by atoms with Crippen molar-refractivity contribution in [2.75, 3.05) is 6.61 Å². The van der Waals surface area contributed by atoms with Crippen molar-refractivity contribution in [3.63, 3.8) is 0 Å². The molecule has 93 heavy (non-hydrogen) atoms.